The number of benzene rings is 2. The van der Waals surface area contributed by atoms with Crippen molar-refractivity contribution in [2.75, 3.05) is 0 Å². The summed E-state index contributed by atoms with van der Waals surface area (Å²) in [6.07, 6.45) is 5.40. The van der Waals surface area contributed by atoms with Gasteiger partial charge in [0.15, 0.2) is 5.78 Å². The minimum atomic E-state index is -0.00439. The molecule has 0 saturated heterocycles. The molecule has 1 unspecified atom stereocenters. The molecule has 0 aliphatic heterocycles. The predicted molar refractivity (Wildman–Crippen MR) is 151 cm³/mol. The first kappa shape index (κ1) is 31.9. The molecule has 37 heavy (non-hydrogen) atoms. The number of carbonyl (C=O) groups excluding carboxylic acids is 4. The second kappa shape index (κ2) is 17.4. The molecule has 2 rings (SSSR count). The summed E-state index contributed by atoms with van der Waals surface area (Å²) < 4.78 is 0. The fourth-order valence-corrected chi connectivity index (χ4v) is 3.82. The highest BCUT2D eigenvalue weighted by Crippen LogP contribution is 2.16. The number of rotatable bonds is 14. The van der Waals surface area contributed by atoms with Gasteiger partial charge in [0.2, 0.25) is 5.91 Å². The molecule has 0 saturated carbocycles. The van der Waals surface area contributed by atoms with Crippen LogP contribution in [-0.4, -0.2) is 23.3 Å². The number of amides is 1. The van der Waals surface area contributed by atoms with Crippen molar-refractivity contribution < 1.29 is 19.2 Å². The second-order valence-corrected chi connectivity index (χ2v) is 9.80. The van der Waals surface area contributed by atoms with Crippen molar-refractivity contribution in [3.8, 4) is 0 Å². The molecule has 0 bridgehead atoms. The molecule has 0 aromatic heterocycles. The number of carbonyl (C=O) groups is 4. The van der Waals surface area contributed by atoms with Gasteiger partial charge in [-0.15, -0.1) is 0 Å². The summed E-state index contributed by atoms with van der Waals surface area (Å²) in [5.74, 6) is 0.695. The highest BCUT2D eigenvalue weighted by atomic mass is 16.2. The molecule has 0 fully saturated rings. The highest BCUT2D eigenvalue weighted by molar-refractivity contribution is 5.97. The molecule has 1 atom stereocenters. The van der Waals surface area contributed by atoms with E-state index >= 15 is 0 Å². The standard InChI is InChI=1S/C22H27NO2.C10H18O2/c1-4-6-21(24)20-12-11-18(13-19(20)5-2)14-22(25)23-15-17-9-7-16(3)8-10-17;1-4-5-10(12)7-6-8(2)9(3)11/h7-13H,4-6,14-15H2,1-3H3,(H,23,25);8H,4-7H2,1-3H3. The molecule has 0 spiro atoms. The monoisotopic (exact) mass is 507 g/mol. The van der Waals surface area contributed by atoms with Crippen LogP contribution in [0, 0.1) is 12.8 Å². The second-order valence-electron chi connectivity index (χ2n) is 9.80. The lowest BCUT2D eigenvalue weighted by Crippen LogP contribution is -2.24. The van der Waals surface area contributed by atoms with Crippen molar-refractivity contribution in [1.82, 2.24) is 5.32 Å². The summed E-state index contributed by atoms with van der Waals surface area (Å²) in [6, 6.07) is 13.9. The number of hydrogen-bond donors (Lipinski definition) is 1. The molecular weight excluding hydrogens is 462 g/mol. The van der Waals surface area contributed by atoms with E-state index in [9.17, 15) is 19.2 Å². The van der Waals surface area contributed by atoms with Crippen LogP contribution in [-0.2, 0) is 33.8 Å². The first-order chi connectivity index (χ1) is 17.6. The maximum atomic E-state index is 12.2. The minimum Gasteiger partial charge on any atom is -0.352 e. The Balaban J connectivity index is 0.000000482. The third-order valence-corrected chi connectivity index (χ3v) is 6.38. The molecule has 5 nitrogen and oxygen atoms in total. The molecule has 2 aromatic carbocycles. The van der Waals surface area contributed by atoms with E-state index in [2.05, 4.69) is 5.32 Å². The van der Waals surface area contributed by atoms with Crippen LogP contribution in [0.4, 0.5) is 0 Å². The maximum Gasteiger partial charge on any atom is 0.224 e. The molecule has 202 valence electrons. The van der Waals surface area contributed by atoms with E-state index in [0.29, 0.717) is 38.6 Å². The molecule has 1 amide bonds. The Hall–Kier alpha value is -3.08. The first-order valence-corrected chi connectivity index (χ1v) is 13.6. The van der Waals surface area contributed by atoms with Crippen molar-refractivity contribution >= 4 is 23.3 Å². The van der Waals surface area contributed by atoms with Crippen molar-refractivity contribution in [3.05, 3.63) is 70.3 Å². The van der Waals surface area contributed by atoms with Gasteiger partial charge in [-0.05, 0) is 56.2 Å². The smallest absolute Gasteiger partial charge is 0.224 e. The van der Waals surface area contributed by atoms with E-state index in [4.69, 9.17) is 0 Å². The van der Waals surface area contributed by atoms with Crippen LogP contribution in [0.25, 0.3) is 0 Å². The van der Waals surface area contributed by atoms with Gasteiger partial charge in [-0.25, -0.2) is 0 Å². The van der Waals surface area contributed by atoms with Gasteiger partial charge in [0.25, 0.3) is 0 Å². The molecule has 0 aliphatic carbocycles. The van der Waals surface area contributed by atoms with Gasteiger partial charge in [0.05, 0.1) is 6.42 Å². The average molecular weight is 508 g/mol. The Morgan fingerprint density at radius 1 is 0.838 bits per heavy atom. The Morgan fingerprint density at radius 2 is 1.46 bits per heavy atom. The highest BCUT2D eigenvalue weighted by Gasteiger charge is 2.12. The van der Waals surface area contributed by atoms with Crippen LogP contribution in [0.5, 0.6) is 0 Å². The zero-order chi connectivity index (χ0) is 27.8. The van der Waals surface area contributed by atoms with Gasteiger partial charge < -0.3 is 5.32 Å². The Morgan fingerprint density at radius 3 is 2.03 bits per heavy atom. The van der Waals surface area contributed by atoms with Crippen molar-refractivity contribution in [3.63, 3.8) is 0 Å². The van der Waals surface area contributed by atoms with E-state index in [1.807, 2.05) is 77.1 Å². The SMILES string of the molecule is CCCC(=O)CCC(C)C(C)=O.CCCC(=O)c1ccc(CC(=O)NCc2ccc(C)cc2)cc1CC. The Labute approximate surface area is 223 Å². The molecule has 1 N–H and O–H groups in total. The van der Waals surface area contributed by atoms with Crippen molar-refractivity contribution in [2.45, 2.75) is 99.5 Å². The van der Waals surface area contributed by atoms with Crippen LogP contribution in [0.3, 0.4) is 0 Å². The van der Waals surface area contributed by atoms with Gasteiger partial charge in [0.1, 0.15) is 11.6 Å². The first-order valence-electron chi connectivity index (χ1n) is 13.6. The van der Waals surface area contributed by atoms with Crippen molar-refractivity contribution in [1.29, 1.82) is 0 Å². The topological polar surface area (TPSA) is 80.3 Å². The summed E-state index contributed by atoms with van der Waals surface area (Å²) in [7, 11) is 0. The van der Waals surface area contributed by atoms with E-state index in [0.717, 1.165) is 41.5 Å². The summed E-state index contributed by atoms with van der Waals surface area (Å²) in [6.45, 7) is 12.1. The van der Waals surface area contributed by atoms with Crippen LogP contribution in [0.2, 0.25) is 0 Å². The number of ketones is 3. The number of hydrogen-bond acceptors (Lipinski definition) is 4. The van der Waals surface area contributed by atoms with Crippen LogP contribution in [0.1, 0.15) is 106 Å². The number of aryl methyl sites for hydroxylation is 2. The lowest BCUT2D eigenvalue weighted by atomic mass is 9.96. The van der Waals surface area contributed by atoms with Crippen molar-refractivity contribution in [2.24, 2.45) is 5.92 Å². The van der Waals surface area contributed by atoms with Crippen LogP contribution in [0.15, 0.2) is 42.5 Å². The summed E-state index contributed by atoms with van der Waals surface area (Å²) >= 11 is 0. The Kier molecular flexibility index (Phi) is 15.0. The fourth-order valence-electron chi connectivity index (χ4n) is 3.82. The third kappa shape index (κ3) is 12.6. The van der Waals surface area contributed by atoms with E-state index in [1.165, 1.54) is 5.56 Å². The molecule has 0 heterocycles. The van der Waals surface area contributed by atoms with Gasteiger partial charge in [-0.3, -0.25) is 19.2 Å². The largest absolute Gasteiger partial charge is 0.352 e. The van der Waals surface area contributed by atoms with E-state index in [-0.39, 0.29) is 29.2 Å². The quantitative estimate of drug-likeness (QED) is 0.287. The summed E-state index contributed by atoms with van der Waals surface area (Å²) in [5.41, 5.74) is 5.08. The van der Waals surface area contributed by atoms with E-state index in [1.54, 1.807) is 6.92 Å². The van der Waals surface area contributed by atoms with Crippen LogP contribution >= 0.6 is 0 Å². The summed E-state index contributed by atoms with van der Waals surface area (Å²) in [5, 5.41) is 2.96. The predicted octanol–water partition coefficient (Wildman–Crippen LogP) is 6.76. The van der Waals surface area contributed by atoms with Crippen LogP contribution < -0.4 is 5.32 Å². The van der Waals surface area contributed by atoms with E-state index < -0.39 is 0 Å². The molecule has 0 radical (unpaired) electrons. The Bertz CT molecular complexity index is 1020. The summed E-state index contributed by atoms with van der Waals surface area (Å²) in [4.78, 5) is 46.2. The van der Waals surface area contributed by atoms with Gasteiger partial charge in [-0.1, -0.05) is 75.7 Å². The zero-order valence-electron chi connectivity index (χ0n) is 23.6. The normalized spacial score (nSPS) is 11.2. The lowest BCUT2D eigenvalue weighted by Gasteiger charge is -2.10. The molecule has 0 aliphatic rings. The third-order valence-electron chi connectivity index (χ3n) is 6.38. The number of nitrogens with one attached hydrogen (secondary N) is 1. The van der Waals surface area contributed by atoms with Gasteiger partial charge in [0, 0.05) is 37.3 Å². The molecular formula is C32H45NO4. The van der Waals surface area contributed by atoms with Gasteiger partial charge in [-0.2, -0.15) is 0 Å². The molecule has 2 aromatic rings. The zero-order valence-corrected chi connectivity index (χ0v) is 23.6. The fraction of sp³-hybridized carbons (Fsp3) is 0.500. The maximum absolute atomic E-state index is 12.2. The van der Waals surface area contributed by atoms with Gasteiger partial charge >= 0.3 is 0 Å². The minimum absolute atomic E-state index is 0.00439. The average Bonchev–Trinajstić information content (AvgIpc) is 2.87. The number of Topliss-reactive ketones (excluding diaryl/α,β-unsaturated/α-hetero) is 3. The lowest BCUT2D eigenvalue weighted by molar-refractivity contribution is -0.122. The molecule has 5 heteroatoms.